The Bertz CT molecular complexity index is 1070. The van der Waals surface area contributed by atoms with E-state index in [2.05, 4.69) is 14.4 Å². The Kier molecular flexibility index (Phi) is 4.68. The minimum absolute atomic E-state index is 0.0588. The van der Waals surface area contributed by atoms with Gasteiger partial charge in [-0.1, -0.05) is 29.8 Å². The van der Waals surface area contributed by atoms with Gasteiger partial charge in [0.25, 0.3) is 10.0 Å². The maximum atomic E-state index is 12.6. The van der Waals surface area contributed by atoms with E-state index in [-0.39, 0.29) is 10.7 Å². The summed E-state index contributed by atoms with van der Waals surface area (Å²) in [6.07, 6.45) is -3.79. The van der Waals surface area contributed by atoms with Gasteiger partial charge in [-0.2, -0.15) is 0 Å². The van der Waals surface area contributed by atoms with Crippen molar-refractivity contribution in [1.29, 1.82) is 0 Å². The number of hydrogen-bond donors (Lipinski definition) is 1. The fraction of sp³-hybridized carbons (Fsp3) is 0.0625. The molecule has 0 fully saturated rings. The molecule has 1 aromatic heterocycles. The van der Waals surface area contributed by atoms with E-state index in [4.69, 9.17) is 11.6 Å². The number of halogens is 4. The van der Waals surface area contributed by atoms with Gasteiger partial charge in [0.1, 0.15) is 10.6 Å². The minimum Gasteiger partial charge on any atom is -0.404 e. The summed E-state index contributed by atoms with van der Waals surface area (Å²) in [4.78, 5) is 3.35. The van der Waals surface area contributed by atoms with Gasteiger partial charge < -0.3 is 4.74 Å². The van der Waals surface area contributed by atoms with Gasteiger partial charge in [-0.15, -0.1) is 13.2 Å². The summed E-state index contributed by atoms with van der Waals surface area (Å²) < 4.78 is 68.7. The smallest absolute Gasteiger partial charge is 0.404 e. The van der Waals surface area contributed by atoms with Crippen molar-refractivity contribution in [3.8, 4) is 5.75 Å². The number of nitrogens with one attached hydrogen (secondary N) is 1. The highest BCUT2D eigenvalue weighted by molar-refractivity contribution is 7.92. The summed E-state index contributed by atoms with van der Waals surface area (Å²) in [5.41, 5.74) is 0.723. The SMILES string of the molecule is O=S(=O)(Nc1cnc2ccccc2c1)c1cc(Cl)ccc1OC(F)(F)F. The number of fused-ring (bicyclic) bond motifs is 1. The molecule has 0 unspecified atom stereocenters. The summed E-state index contributed by atoms with van der Waals surface area (Å²) in [6, 6.07) is 11.3. The molecule has 3 rings (SSSR count). The van der Waals surface area contributed by atoms with Gasteiger partial charge >= 0.3 is 6.36 Å². The second kappa shape index (κ2) is 6.65. The first-order chi connectivity index (χ1) is 12.1. The van der Waals surface area contributed by atoms with Crippen LogP contribution >= 0.6 is 11.6 Å². The lowest BCUT2D eigenvalue weighted by Gasteiger charge is -2.15. The number of aromatic nitrogens is 1. The topological polar surface area (TPSA) is 68.3 Å². The van der Waals surface area contributed by atoms with Crippen LogP contribution in [0.2, 0.25) is 5.02 Å². The molecular formula is C16H10ClF3N2O3S. The molecule has 1 heterocycles. The van der Waals surface area contributed by atoms with Crippen molar-refractivity contribution < 1.29 is 26.3 Å². The molecule has 0 atom stereocenters. The summed E-state index contributed by atoms with van der Waals surface area (Å²) in [7, 11) is -4.41. The quantitative estimate of drug-likeness (QED) is 0.693. The predicted molar refractivity (Wildman–Crippen MR) is 90.7 cm³/mol. The van der Waals surface area contributed by atoms with Gasteiger partial charge in [0, 0.05) is 10.4 Å². The van der Waals surface area contributed by atoms with Crippen LogP contribution in [0.25, 0.3) is 10.9 Å². The molecule has 0 aliphatic heterocycles. The summed E-state index contributed by atoms with van der Waals surface area (Å²) >= 11 is 5.73. The molecule has 0 spiro atoms. The minimum atomic E-state index is -5.05. The Morgan fingerprint density at radius 3 is 2.54 bits per heavy atom. The van der Waals surface area contributed by atoms with Crippen LogP contribution in [0.5, 0.6) is 5.75 Å². The van der Waals surface area contributed by atoms with Crippen LogP contribution in [0.3, 0.4) is 0 Å². The van der Waals surface area contributed by atoms with Crippen molar-refractivity contribution in [3.05, 3.63) is 59.8 Å². The zero-order valence-electron chi connectivity index (χ0n) is 12.8. The Labute approximate surface area is 151 Å². The molecule has 1 N–H and O–H groups in total. The number of anilines is 1. The van der Waals surface area contributed by atoms with Crippen LogP contribution in [-0.4, -0.2) is 19.8 Å². The van der Waals surface area contributed by atoms with E-state index in [1.165, 1.54) is 12.3 Å². The van der Waals surface area contributed by atoms with E-state index in [1.807, 2.05) is 0 Å². The Morgan fingerprint density at radius 1 is 1.08 bits per heavy atom. The average molecular weight is 403 g/mol. The molecule has 0 amide bonds. The van der Waals surface area contributed by atoms with Crippen molar-refractivity contribution in [2.24, 2.45) is 0 Å². The Balaban J connectivity index is 2.00. The van der Waals surface area contributed by atoms with E-state index in [0.29, 0.717) is 10.9 Å². The number of hydrogen-bond acceptors (Lipinski definition) is 4. The predicted octanol–water partition coefficient (Wildman–Crippen LogP) is 4.59. The molecule has 3 aromatic rings. The fourth-order valence-electron chi connectivity index (χ4n) is 2.24. The lowest BCUT2D eigenvalue weighted by atomic mass is 10.2. The highest BCUT2D eigenvalue weighted by Gasteiger charge is 2.34. The monoisotopic (exact) mass is 402 g/mol. The van der Waals surface area contributed by atoms with Crippen molar-refractivity contribution in [2.45, 2.75) is 11.3 Å². The molecule has 0 bridgehead atoms. The van der Waals surface area contributed by atoms with E-state index in [9.17, 15) is 21.6 Å². The normalized spacial score (nSPS) is 12.2. The van der Waals surface area contributed by atoms with E-state index in [0.717, 1.165) is 18.2 Å². The summed E-state index contributed by atoms with van der Waals surface area (Å²) in [6.45, 7) is 0. The number of rotatable bonds is 4. The zero-order chi connectivity index (χ0) is 18.9. The maximum absolute atomic E-state index is 12.6. The third kappa shape index (κ3) is 4.17. The van der Waals surface area contributed by atoms with Gasteiger partial charge in [-0.25, -0.2) is 8.42 Å². The van der Waals surface area contributed by atoms with Gasteiger partial charge in [0.2, 0.25) is 0 Å². The van der Waals surface area contributed by atoms with Crippen LogP contribution in [0, 0.1) is 0 Å². The van der Waals surface area contributed by atoms with Gasteiger partial charge in [-0.3, -0.25) is 9.71 Å². The number of nitrogens with zero attached hydrogens (tertiary/aromatic N) is 1. The molecule has 136 valence electrons. The van der Waals surface area contributed by atoms with Crippen LogP contribution in [0.1, 0.15) is 0 Å². The Morgan fingerprint density at radius 2 is 1.81 bits per heavy atom. The number of alkyl halides is 3. The number of pyridine rings is 1. The van der Waals surface area contributed by atoms with Crippen LogP contribution in [0.15, 0.2) is 59.6 Å². The third-order valence-corrected chi connectivity index (χ3v) is 4.90. The first kappa shape index (κ1) is 18.3. The van der Waals surface area contributed by atoms with Crippen molar-refractivity contribution in [1.82, 2.24) is 4.98 Å². The number of benzene rings is 2. The second-order valence-electron chi connectivity index (χ2n) is 5.16. The van der Waals surface area contributed by atoms with Gasteiger partial charge in [0.15, 0.2) is 0 Å². The first-order valence-corrected chi connectivity index (χ1v) is 8.93. The van der Waals surface area contributed by atoms with Gasteiger partial charge in [0.05, 0.1) is 17.4 Å². The molecular weight excluding hydrogens is 393 g/mol. The molecule has 10 heteroatoms. The third-order valence-electron chi connectivity index (χ3n) is 3.26. The molecule has 0 saturated carbocycles. The number of ether oxygens (including phenoxy) is 1. The van der Waals surface area contributed by atoms with Crippen molar-refractivity contribution in [2.75, 3.05) is 4.72 Å². The second-order valence-corrected chi connectivity index (χ2v) is 7.25. The standard InChI is InChI=1S/C16H10ClF3N2O3S/c17-11-5-6-14(25-16(18,19)20)15(8-11)26(23,24)22-12-7-10-3-1-2-4-13(10)21-9-12/h1-9,22H. The Hall–Kier alpha value is -2.52. The highest BCUT2D eigenvalue weighted by atomic mass is 35.5. The van der Waals surface area contributed by atoms with Crippen molar-refractivity contribution >= 4 is 38.2 Å². The van der Waals surface area contributed by atoms with Crippen LogP contribution in [0.4, 0.5) is 18.9 Å². The summed E-state index contributed by atoms with van der Waals surface area (Å²) in [5, 5.41) is 0.599. The van der Waals surface area contributed by atoms with E-state index in [1.54, 1.807) is 24.3 Å². The van der Waals surface area contributed by atoms with Crippen LogP contribution in [-0.2, 0) is 10.0 Å². The van der Waals surface area contributed by atoms with E-state index < -0.39 is 27.0 Å². The maximum Gasteiger partial charge on any atom is 0.573 e. The average Bonchev–Trinajstić information content (AvgIpc) is 2.55. The largest absolute Gasteiger partial charge is 0.573 e. The van der Waals surface area contributed by atoms with Crippen molar-refractivity contribution in [3.63, 3.8) is 0 Å². The molecule has 0 saturated heterocycles. The molecule has 0 radical (unpaired) electrons. The zero-order valence-corrected chi connectivity index (χ0v) is 14.4. The molecule has 0 aliphatic rings. The molecule has 5 nitrogen and oxygen atoms in total. The fourth-order valence-corrected chi connectivity index (χ4v) is 3.66. The first-order valence-electron chi connectivity index (χ1n) is 7.07. The number of para-hydroxylation sites is 1. The molecule has 26 heavy (non-hydrogen) atoms. The molecule has 0 aliphatic carbocycles. The van der Waals surface area contributed by atoms with Crippen LogP contribution < -0.4 is 9.46 Å². The van der Waals surface area contributed by atoms with Gasteiger partial charge in [-0.05, 0) is 30.3 Å². The lowest BCUT2D eigenvalue weighted by Crippen LogP contribution is -2.21. The van der Waals surface area contributed by atoms with E-state index >= 15 is 0 Å². The molecule has 2 aromatic carbocycles. The highest BCUT2D eigenvalue weighted by Crippen LogP contribution is 2.33. The number of sulfonamides is 1. The summed E-state index contributed by atoms with van der Waals surface area (Å²) in [5.74, 6) is -0.886. The lowest BCUT2D eigenvalue weighted by molar-refractivity contribution is -0.275.